The Bertz CT molecular complexity index is 620. The summed E-state index contributed by atoms with van der Waals surface area (Å²) in [6.45, 7) is -2.94. The number of benzene rings is 2. The van der Waals surface area contributed by atoms with Crippen molar-refractivity contribution in [2.75, 3.05) is 5.32 Å². The number of hydrogen-bond donors (Lipinski definition) is 1. The number of halogens is 3. The van der Waals surface area contributed by atoms with Crippen LogP contribution in [-0.4, -0.2) is 12.5 Å². The molecule has 6 heteroatoms. The van der Waals surface area contributed by atoms with Crippen molar-refractivity contribution >= 4 is 34.2 Å². The number of carbonyl (C=O) groups is 1. The highest BCUT2D eigenvalue weighted by Crippen LogP contribution is 2.26. The molecule has 0 spiro atoms. The van der Waals surface area contributed by atoms with E-state index in [0.29, 0.717) is 5.56 Å². The van der Waals surface area contributed by atoms with Gasteiger partial charge >= 0.3 is 6.61 Å². The Balaban J connectivity index is 2.19. The number of alkyl halides is 2. The molecule has 20 heavy (non-hydrogen) atoms. The Kier molecular flexibility index (Phi) is 4.89. The first kappa shape index (κ1) is 14.7. The van der Waals surface area contributed by atoms with Gasteiger partial charge in [-0.2, -0.15) is 8.78 Å². The lowest BCUT2D eigenvalue weighted by Gasteiger charge is -2.11. The maximum Gasteiger partial charge on any atom is 0.387 e. The van der Waals surface area contributed by atoms with Crippen LogP contribution in [0.15, 0.2) is 48.5 Å². The average molecular weight is 389 g/mol. The van der Waals surface area contributed by atoms with Crippen LogP contribution in [0.2, 0.25) is 0 Å². The van der Waals surface area contributed by atoms with Crippen LogP contribution in [0.5, 0.6) is 5.75 Å². The van der Waals surface area contributed by atoms with E-state index in [1.165, 1.54) is 12.1 Å². The second-order valence-electron chi connectivity index (χ2n) is 3.84. The van der Waals surface area contributed by atoms with Crippen molar-refractivity contribution in [1.29, 1.82) is 0 Å². The smallest absolute Gasteiger partial charge is 0.387 e. The molecule has 0 aliphatic rings. The first-order valence-electron chi connectivity index (χ1n) is 5.67. The second kappa shape index (κ2) is 6.65. The minimum Gasteiger partial charge on any atom is -0.433 e. The van der Waals surface area contributed by atoms with Gasteiger partial charge in [-0.1, -0.05) is 18.2 Å². The molecule has 104 valence electrons. The Hall–Kier alpha value is -1.70. The summed E-state index contributed by atoms with van der Waals surface area (Å²) in [6.07, 6.45) is 0. The molecule has 2 aromatic rings. The van der Waals surface area contributed by atoms with Gasteiger partial charge in [0.1, 0.15) is 5.75 Å². The van der Waals surface area contributed by atoms with Crippen molar-refractivity contribution in [2.24, 2.45) is 0 Å². The first-order chi connectivity index (χ1) is 9.56. The highest BCUT2D eigenvalue weighted by molar-refractivity contribution is 14.1. The molecule has 0 heterocycles. The Labute approximate surface area is 128 Å². The monoisotopic (exact) mass is 389 g/mol. The lowest BCUT2D eigenvalue weighted by molar-refractivity contribution is -0.0493. The number of hydrogen-bond acceptors (Lipinski definition) is 2. The van der Waals surface area contributed by atoms with Crippen LogP contribution in [-0.2, 0) is 0 Å². The van der Waals surface area contributed by atoms with Crippen LogP contribution < -0.4 is 10.1 Å². The van der Waals surface area contributed by atoms with Crippen LogP contribution in [0.25, 0.3) is 0 Å². The van der Waals surface area contributed by atoms with Gasteiger partial charge in [0, 0.05) is 9.13 Å². The molecular formula is C14H10F2INO2. The number of anilines is 1. The van der Waals surface area contributed by atoms with Crippen LogP contribution in [0, 0.1) is 3.57 Å². The quantitative estimate of drug-likeness (QED) is 0.799. The fourth-order valence-corrected chi connectivity index (χ4v) is 2.14. The number of para-hydroxylation sites is 2. The number of amides is 1. The molecule has 0 saturated heterocycles. The van der Waals surface area contributed by atoms with Gasteiger partial charge in [-0.15, -0.1) is 0 Å². The topological polar surface area (TPSA) is 38.3 Å². The molecule has 0 bridgehead atoms. The summed E-state index contributed by atoms with van der Waals surface area (Å²) in [6, 6.07) is 13.0. The summed E-state index contributed by atoms with van der Waals surface area (Å²) in [4.78, 5) is 12.0. The Morgan fingerprint density at radius 2 is 1.90 bits per heavy atom. The third kappa shape index (κ3) is 3.89. The molecule has 0 unspecified atom stereocenters. The summed E-state index contributed by atoms with van der Waals surface area (Å²) in [5.41, 5.74) is 0.653. The second-order valence-corrected chi connectivity index (χ2v) is 5.08. The maximum atomic E-state index is 12.3. The lowest BCUT2D eigenvalue weighted by atomic mass is 10.2. The fourth-order valence-electron chi connectivity index (χ4n) is 1.59. The molecule has 0 aliphatic carbocycles. The molecule has 1 amide bonds. The molecule has 2 rings (SSSR count). The number of carbonyl (C=O) groups excluding carboxylic acids is 1. The standard InChI is InChI=1S/C14H10F2INO2/c15-14(16)20-12-7-2-1-6-11(12)18-13(19)9-4-3-5-10(17)8-9/h1-8,14H,(H,18,19). The van der Waals surface area contributed by atoms with E-state index in [4.69, 9.17) is 0 Å². The van der Waals surface area contributed by atoms with E-state index in [0.717, 1.165) is 3.57 Å². The van der Waals surface area contributed by atoms with Gasteiger partial charge in [0.25, 0.3) is 5.91 Å². The van der Waals surface area contributed by atoms with Crippen molar-refractivity contribution in [1.82, 2.24) is 0 Å². The molecule has 0 aromatic heterocycles. The predicted octanol–water partition coefficient (Wildman–Crippen LogP) is 4.14. The predicted molar refractivity (Wildman–Crippen MR) is 80.2 cm³/mol. The van der Waals surface area contributed by atoms with Crippen LogP contribution in [0.1, 0.15) is 10.4 Å². The number of nitrogens with one attached hydrogen (secondary N) is 1. The van der Waals surface area contributed by atoms with Gasteiger partial charge in [-0.05, 0) is 52.9 Å². The van der Waals surface area contributed by atoms with Crippen LogP contribution in [0.3, 0.4) is 0 Å². The van der Waals surface area contributed by atoms with Gasteiger partial charge < -0.3 is 10.1 Å². The highest BCUT2D eigenvalue weighted by atomic mass is 127. The van der Waals surface area contributed by atoms with Crippen molar-refractivity contribution in [3.63, 3.8) is 0 Å². The average Bonchev–Trinajstić information content (AvgIpc) is 2.40. The minimum absolute atomic E-state index is 0.0681. The number of ether oxygens (including phenoxy) is 1. The third-order valence-corrected chi connectivity index (χ3v) is 3.11. The first-order valence-corrected chi connectivity index (χ1v) is 6.75. The van der Waals surface area contributed by atoms with Crippen LogP contribution >= 0.6 is 22.6 Å². The van der Waals surface area contributed by atoms with Gasteiger partial charge in [-0.3, -0.25) is 4.79 Å². The summed E-state index contributed by atoms with van der Waals surface area (Å²) in [5, 5.41) is 2.56. The minimum atomic E-state index is -2.94. The summed E-state index contributed by atoms with van der Waals surface area (Å²) in [7, 11) is 0. The Morgan fingerprint density at radius 3 is 2.60 bits per heavy atom. The Morgan fingerprint density at radius 1 is 1.15 bits per heavy atom. The van der Waals surface area contributed by atoms with E-state index >= 15 is 0 Å². The maximum absolute atomic E-state index is 12.3. The highest BCUT2D eigenvalue weighted by Gasteiger charge is 2.12. The van der Waals surface area contributed by atoms with Gasteiger partial charge in [-0.25, -0.2) is 0 Å². The van der Waals surface area contributed by atoms with Crippen LogP contribution in [0.4, 0.5) is 14.5 Å². The molecule has 3 nitrogen and oxygen atoms in total. The van der Waals surface area contributed by atoms with Gasteiger partial charge in [0.15, 0.2) is 0 Å². The largest absolute Gasteiger partial charge is 0.433 e. The van der Waals surface area contributed by atoms with E-state index in [2.05, 4.69) is 32.6 Å². The van der Waals surface area contributed by atoms with Gasteiger partial charge in [0.2, 0.25) is 0 Å². The van der Waals surface area contributed by atoms with E-state index in [1.807, 2.05) is 6.07 Å². The zero-order valence-electron chi connectivity index (χ0n) is 10.1. The summed E-state index contributed by atoms with van der Waals surface area (Å²) < 4.78 is 29.8. The van der Waals surface area contributed by atoms with Crippen molar-refractivity contribution in [3.8, 4) is 5.75 Å². The SMILES string of the molecule is O=C(Nc1ccccc1OC(F)F)c1cccc(I)c1. The molecule has 2 aromatic carbocycles. The third-order valence-electron chi connectivity index (χ3n) is 2.44. The fraction of sp³-hybridized carbons (Fsp3) is 0.0714. The molecule has 0 aliphatic heterocycles. The van der Waals surface area contributed by atoms with Gasteiger partial charge in [0.05, 0.1) is 5.69 Å². The normalized spacial score (nSPS) is 10.4. The van der Waals surface area contributed by atoms with E-state index in [-0.39, 0.29) is 17.3 Å². The molecule has 0 saturated carbocycles. The summed E-state index contributed by atoms with van der Waals surface area (Å²) >= 11 is 2.09. The molecule has 0 atom stereocenters. The van der Waals surface area contributed by atoms with Crippen molar-refractivity contribution in [2.45, 2.75) is 6.61 Å². The van der Waals surface area contributed by atoms with E-state index < -0.39 is 6.61 Å². The summed E-state index contributed by atoms with van der Waals surface area (Å²) in [5.74, 6) is -0.449. The zero-order chi connectivity index (χ0) is 14.5. The molecule has 0 radical (unpaired) electrons. The number of rotatable bonds is 4. The van der Waals surface area contributed by atoms with E-state index in [9.17, 15) is 13.6 Å². The lowest BCUT2D eigenvalue weighted by Crippen LogP contribution is -2.14. The zero-order valence-corrected chi connectivity index (χ0v) is 12.3. The van der Waals surface area contributed by atoms with Crippen molar-refractivity contribution < 1.29 is 18.3 Å². The molecule has 1 N–H and O–H groups in total. The van der Waals surface area contributed by atoms with E-state index in [1.54, 1.807) is 30.3 Å². The molecular weight excluding hydrogens is 379 g/mol. The van der Waals surface area contributed by atoms with Crippen molar-refractivity contribution in [3.05, 3.63) is 57.7 Å². The molecule has 0 fully saturated rings.